The molecule has 386 valence electrons. The molecule has 17 nitrogen and oxygen atoms in total. The summed E-state index contributed by atoms with van der Waals surface area (Å²) in [5.74, 6) is -2.54. The number of nitrogens with one attached hydrogen (secondary N) is 3. The molecule has 11 rings (SSSR count). The molecule has 4 aliphatic heterocycles. The van der Waals surface area contributed by atoms with Gasteiger partial charge in [-0.2, -0.15) is 10.1 Å². The Kier molecular flexibility index (Phi) is 13.4. The Morgan fingerprint density at radius 3 is 2.28 bits per heavy atom. The van der Waals surface area contributed by atoms with Crippen molar-refractivity contribution in [3.63, 3.8) is 0 Å². The Morgan fingerprint density at radius 2 is 1.61 bits per heavy atom. The van der Waals surface area contributed by atoms with Crippen LogP contribution in [0.2, 0.25) is 0 Å². The van der Waals surface area contributed by atoms with Crippen LogP contribution in [0.1, 0.15) is 55.7 Å². The van der Waals surface area contributed by atoms with Crippen molar-refractivity contribution in [2.24, 2.45) is 13.0 Å². The number of benzene rings is 3. The van der Waals surface area contributed by atoms with Crippen molar-refractivity contribution in [2.45, 2.75) is 63.5 Å². The van der Waals surface area contributed by atoms with Gasteiger partial charge in [-0.15, -0.1) is 0 Å². The first-order chi connectivity index (χ1) is 35.5. The maximum Gasteiger partial charge on any atom is 0.234 e. The molecule has 3 aromatic carbocycles. The predicted molar refractivity (Wildman–Crippen MR) is 285 cm³/mol. The third kappa shape index (κ3) is 10.2. The van der Waals surface area contributed by atoms with Gasteiger partial charge in [0.05, 0.1) is 45.5 Å². The lowest BCUT2D eigenvalue weighted by Gasteiger charge is -2.46. The summed E-state index contributed by atoms with van der Waals surface area (Å²) >= 11 is 3.65. The van der Waals surface area contributed by atoms with E-state index in [1.807, 2.05) is 55.5 Å². The number of hydrogen-bond acceptors (Lipinski definition) is 14. The lowest BCUT2D eigenvalue weighted by atomic mass is 9.89. The zero-order valence-electron chi connectivity index (χ0n) is 41.7. The van der Waals surface area contributed by atoms with Crippen LogP contribution in [-0.4, -0.2) is 130 Å². The molecule has 74 heavy (non-hydrogen) atoms. The van der Waals surface area contributed by atoms with Gasteiger partial charge in [-0.1, -0.05) is 6.07 Å². The van der Waals surface area contributed by atoms with Crippen LogP contribution < -0.4 is 35.8 Å². The Labute approximate surface area is 435 Å². The highest BCUT2D eigenvalue weighted by Crippen LogP contribution is 2.45. The zero-order chi connectivity index (χ0) is 51.6. The summed E-state index contributed by atoms with van der Waals surface area (Å²) in [6.45, 7) is 10.6. The lowest BCUT2D eigenvalue weighted by Crippen LogP contribution is -2.59. The summed E-state index contributed by atoms with van der Waals surface area (Å²) in [5.41, 5.74) is 6.06. The van der Waals surface area contributed by atoms with Crippen LogP contribution >= 0.6 is 23.1 Å². The number of piperidine rings is 2. The number of fused-ring (bicyclic) bond motifs is 1. The van der Waals surface area contributed by atoms with E-state index < -0.39 is 36.5 Å². The van der Waals surface area contributed by atoms with Crippen molar-refractivity contribution in [1.82, 2.24) is 39.8 Å². The fourth-order valence-electron chi connectivity index (χ4n) is 10.9. The SMILES string of the molecule is Cc1ccc2c(P(C)(C)=O)c(Nc3nc(Nc4cc(-c5cnn(C)c5)c(N5CCC(N6CCN(C(=O)C7CN(c8cc(F)c(C9CCC(=O)NC9=O)c(F)c8)C7)CC6)CC5)cc4OC4CC4)ncc3Br)ccc2n1. The third-order valence-electron chi connectivity index (χ3n) is 14.9. The highest BCUT2D eigenvalue weighted by atomic mass is 79.9. The number of carbonyl (C=O) groups excluding carboxylic acids is 3. The van der Waals surface area contributed by atoms with Crippen LogP contribution in [-0.2, 0) is 26.0 Å². The maximum atomic E-state index is 15.3. The predicted octanol–water partition coefficient (Wildman–Crippen LogP) is 7.82. The molecule has 4 saturated heterocycles. The van der Waals surface area contributed by atoms with E-state index in [1.54, 1.807) is 29.1 Å². The molecule has 0 spiro atoms. The molecule has 1 saturated carbocycles. The first-order valence-electron chi connectivity index (χ1n) is 25.2. The summed E-state index contributed by atoms with van der Waals surface area (Å²) in [5, 5.41) is 15.2. The van der Waals surface area contributed by atoms with Gasteiger partial charge in [0.15, 0.2) is 0 Å². The van der Waals surface area contributed by atoms with E-state index in [0.717, 1.165) is 85.3 Å². The number of pyridine rings is 1. The van der Waals surface area contributed by atoms with Gasteiger partial charge >= 0.3 is 0 Å². The summed E-state index contributed by atoms with van der Waals surface area (Å²) in [6, 6.07) is 14.8. The minimum atomic E-state index is -2.78. The second kappa shape index (κ2) is 20.0. The maximum absolute atomic E-state index is 15.3. The number of aryl methyl sites for hydroxylation is 2. The number of carbonyl (C=O) groups is 3. The van der Waals surface area contributed by atoms with Gasteiger partial charge in [0, 0.05) is 135 Å². The van der Waals surface area contributed by atoms with Gasteiger partial charge in [-0.05, 0) is 105 Å². The van der Waals surface area contributed by atoms with Crippen LogP contribution in [0.5, 0.6) is 5.75 Å². The Bertz CT molecular complexity index is 3230. The number of rotatable bonds is 13. The highest BCUT2D eigenvalue weighted by Gasteiger charge is 2.40. The Morgan fingerprint density at radius 1 is 0.865 bits per heavy atom. The fourth-order valence-corrected chi connectivity index (χ4v) is 12.6. The number of halogens is 3. The van der Waals surface area contributed by atoms with E-state index in [0.29, 0.717) is 76.6 Å². The zero-order valence-corrected chi connectivity index (χ0v) is 44.2. The third-order valence-corrected chi connectivity index (χ3v) is 17.0. The van der Waals surface area contributed by atoms with Gasteiger partial charge in [0.25, 0.3) is 0 Å². The van der Waals surface area contributed by atoms with Crippen molar-refractivity contribution in [3.8, 4) is 16.9 Å². The molecule has 1 unspecified atom stereocenters. The molecule has 3 amide bonds. The van der Waals surface area contributed by atoms with Crippen molar-refractivity contribution in [2.75, 3.05) is 86.1 Å². The van der Waals surface area contributed by atoms with E-state index in [1.165, 1.54) is 12.1 Å². The van der Waals surface area contributed by atoms with Crippen LogP contribution in [0.15, 0.2) is 71.6 Å². The molecule has 0 radical (unpaired) electrons. The lowest BCUT2D eigenvalue weighted by molar-refractivity contribution is -0.138. The van der Waals surface area contributed by atoms with E-state index in [2.05, 4.69) is 68.9 Å². The highest BCUT2D eigenvalue weighted by molar-refractivity contribution is 9.10. The smallest absolute Gasteiger partial charge is 0.234 e. The molecule has 5 fully saturated rings. The second-order valence-electron chi connectivity index (χ2n) is 20.6. The molecule has 6 aromatic rings. The van der Waals surface area contributed by atoms with E-state index in [9.17, 15) is 18.9 Å². The first-order valence-corrected chi connectivity index (χ1v) is 28.6. The number of hydrogen-bond donors (Lipinski definition) is 3. The van der Waals surface area contributed by atoms with E-state index in [-0.39, 0.29) is 36.3 Å². The molecule has 5 aliphatic rings. The quantitative estimate of drug-likeness (QED) is 0.0752. The number of amides is 3. The molecule has 21 heteroatoms. The average Bonchev–Trinajstić information content (AvgIpc) is 4.07. The molecular formula is C53H58BrF2N12O5P. The van der Waals surface area contributed by atoms with Crippen molar-refractivity contribution >= 4 is 91.5 Å². The van der Waals surface area contributed by atoms with Crippen molar-refractivity contribution < 1.29 is 32.5 Å². The topological polar surface area (TPSA) is 183 Å². The number of nitrogens with zero attached hydrogens (tertiary/aromatic N) is 9. The molecule has 3 aromatic heterocycles. The number of imide groups is 1. The van der Waals surface area contributed by atoms with Crippen LogP contribution in [0.3, 0.4) is 0 Å². The summed E-state index contributed by atoms with van der Waals surface area (Å²) in [7, 11) is -0.877. The second-order valence-corrected chi connectivity index (χ2v) is 24.6. The van der Waals surface area contributed by atoms with Gasteiger partial charge in [0.2, 0.25) is 23.7 Å². The van der Waals surface area contributed by atoms with Gasteiger partial charge in [-0.25, -0.2) is 13.8 Å². The fraction of sp³-hybridized carbons (Fsp3) is 0.415. The standard InChI is InChI=1S/C53H58BrF2N12O5P/c1-30-5-8-36-42(59-30)10-11-43(49(36)74(3,4)72)60-50-39(54)26-57-53(63-50)61-44-23-38(31-25-58-64(2)27-31)45(24-46(44)73-35-6-7-35)66-15-13-33(14-16-66)65-17-19-67(20-18-65)52(71)32-28-68(29-32)34-21-40(55)48(41(56)22-34)37-9-12-47(69)62-51(37)70/h5,8,10-11,21-27,32-33,35,37H,6-7,9,12-20,28-29H2,1-4H3,(H,62,69,70)(H2,57,60,61,63). The normalized spacial score (nSPS) is 19.2. The minimum Gasteiger partial charge on any atom is -0.488 e. The molecule has 1 atom stereocenters. The average molecular weight is 1090 g/mol. The first kappa shape index (κ1) is 49.7. The molecule has 0 bridgehead atoms. The number of aromatic nitrogens is 5. The van der Waals surface area contributed by atoms with E-state index in [4.69, 9.17) is 9.72 Å². The molecular weight excluding hydrogens is 1030 g/mol. The Hall–Kier alpha value is -6.50. The number of ether oxygens (including phenoxy) is 1. The summed E-state index contributed by atoms with van der Waals surface area (Å²) in [6.07, 6.45) is 9.58. The van der Waals surface area contributed by atoms with Gasteiger partial charge < -0.3 is 34.6 Å². The largest absolute Gasteiger partial charge is 0.488 e. The summed E-state index contributed by atoms with van der Waals surface area (Å²) in [4.78, 5) is 60.5. The van der Waals surface area contributed by atoms with Crippen LogP contribution in [0.4, 0.5) is 43.3 Å². The van der Waals surface area contributed by atoms with Crippen LogP contribution in [0, 0.1) is 24.5 Å². The van der Waals surface area contributed by atoms with Gasteiger partial charge in [-0.3, -0.25) is 34.3 Å². The van der Waals surface area contributed by atoms with Gasteiger partial charge in [0.1, 0.15) is 30.3 Å². The Balaban J connectivity index is 0.748. The van der Waals surface area contributed by atoms with Crippen molar-refractivity contribution in [3.05, 3.63) is 94.5 Å². The van der Waals surface area contributed by atoms with Crippen molar-refractivity contribution in [1.29, 1.82) is 0 Å². The van der Waals surface area contributed by atoms with E-state index >= 15 is 8.78 Å². The molecule has 3 N–H and O–H groups in total. The molecule has 7 heterocycles. The number of piperazine rings is 1. The van der Waals surface area contributed by atoms with Crippen LogP contribution in [0.25, 0.3) is 22.0 Å². The minimum absolute atomic E-state index is 0.0218. The molecule has 1 aliphatic carbocycles. The summed E-state index contributed by atoms with van der Waals surface area (Å²) < 4.78 is 53.4. The number of anilines is 6. The monoisotopic (exact) mass is 1090 g/mol.